The lowest BCUT2D eigenvalue weighted by molar-refractivity contribution is 0.0792. The van der Waals surface area contributed by atoms with Crippen molar-refractivity contribution in [2.45, 2.75) is 25.5 Å². The second kappa shape index (κ2) is 7.66. The van der Waals surface area contributed by atoms with E-state index in [0.29, 0.717) is 5.52 Å². The van der Waals surface area contributed by atoms with E-state index < -0.39 is 5.91 Å². The number of carbonyl (C=O) groups excluding carboxylic acids is 1. The Bertz CT molecular complexity index is 1010. The number of amides is 1. The van der Waals surface area contributed by atoms with Gasteiger partial charge in [0.1, 0.15) is 11.5 Å². The Morgan fingerprint density at radius 2 is 1.86 bits per heavy atom. The van der Waals surface area contributed by atoms with Crippen molar-refractivity contribution >= 4 is 16.8 Å². The van der Waals surface area contributed by atoms with Crippen LogP contribution in [-0.4, -0.2) is 40.1 Å². The third-order valence-electron chi connectivity index (χ3n) is 5.25. The molecule has 0 radical (unpaired) electrons. The summed E-state index contributed by atoms with van der Waals surface area (Å²) in [6.07, 6.45) is 1.37. The molecule has 3 N–H and O–H groups in total. The van der Waals surface area contributed by atoms with E-state index in [1.165, 1.54) is 12.1 Å². The molecule has 0 saturated carbocycles. The molecule has 28 heavy (non-hydrogen) atoms. The van der Waals surface area contributed by atoms with Gasteiger partial charge in [0.05, 0.1) is 11.6 Å². The van der Waals surface area contributed by atoms with E-state index >= 15 is 0 Å². The summed E-state index contributed by atoms with van der Waals surface area (Å²) in [6, 6.07) is 13.8. The second-order valence-electron chi connectivity index (χ2n) is 7.29. The summed E-state index contributed by atoms with van der Waals surface area (Å²) in [5.74, 6) is -0.910. The maximum Gasteiger partial charge on any atom is 0.267 e. The number of piperidine rings is 1. The van der Waals surface area contributed by atoms with Gasteiger partial charge >= 0.3 is 0 Å². The maximum atomic E-state index is 13.3. The number of fused-ring (bicyclic) bond motifs is 1. The van der Waals surface area contributed by atoms with Gasteiger partial charge in [0.2, 0.25) is 0 Å². The number of halogens is 1. The largest absolute Gasteiger partial charge is 0.393 e. The monoisotopic (exact) mass is 379 g/mol. The minimum atomic E-state index is -0.597. The molecule has 1 saturated heterocycles. The molecule has 144 valence electrons. The van der Waals surface area contributed by atoms with E-state index in [-0.39, 0.29) is 17.6 Å². The van der Waals surface area contributed by atoms with Crippen molar-refractivity contribution in [3.63, 3.8) is 0 Å². The molecule has 0 unspecified atom stereocenters. The fourth-order valence-electron chi connectivity index (χ4n) is 3.70. The first-order valence-electron chi connectivity index (χ1n) is 9.39. The van der Waals surface area contributed by atoms with Gasteiger partial charge in [0, 0.05) is 25.0 Å². The molecule has 5 nitrogen and oxygen atoms in total. The van der Waals surface area contributed by atoms with E-state index in [2.05, 4.69) is 9.88 Å². The number of aliphatic hydroxyl groups is 1. The van der Waals surface area contributed by atoms with Gasteiger partial charge < -0.3 is 10.8 Å². The van der Waals surface area contributed by atoms with Crippen molar-refractivity contribution in [2.75, 3.05) is 13.1 Å². The van der Waals surface area contributed by atoms with Crippen molar-refractivity contribution < 1.29 is 14.3 Å². The normalized spacial score (nSPS) is 15.8. The Labute approximate surface area is 162 Å². The SMILES string of the molecule is NC(=O)c1cc(-c2ccc(F)cc2)c2ccc(CN3CCC(O)CC3)cc2n1. The topological polar surface area (TPSA) is 79.5 Å². The molecule has 4 rings (SSSR count). The molecule has 2 heterocycles. The van der Waals surface area contributed by atoms with Crippen LogP contribution in [0, 0.1) is 5.82 Å². The Balaban J connectivity index is 1.73. The zero-order valence-corrected chi connectivity index (χ0v) is 15.4. The molecule has 1 amide bonds. The maximum absolute atomic E-state index is 13.3. The Hall–Kier alpha value is -2.83. The molecular weight excluding hydrogens is 357 g/mol. The molecule has 0 bridgehead atoms. The highest BCUT2D eigenvalue weighted by atomic mass is 19.1. The Kier molecular flexibility index (Phi) is 5.07. The number of nitrogens with zero attached hydrogens (tertiary/aromatic N) is 2. The van der Waals surface area contributed by atoms with Gasteiger partial charge in [-0.2, -0.15) is 0 Å². The number of benzene rings is 2. The van der Waals surface area contributed by atoms with Crippen molar-refractivity contribution in [3.05, 3.63) is 65.6 Å². The molecular formula is C22H22FN3O2. The summed E-state index contributed by atoms with van der Waals surface area (Å²) >= 11 is 0. The van der Waals surface area contributed by atoms with Crippen LogP contribution in [0.15, 0.2) is 48.5 Å². The van der Waals surface area contributed by atoms with Gasteiger partial charge in [0.25, 0.3) is 5.91 Å². The molecule has 0 atom stereocenters. The van der Waals surface area contributed by atoms with Crippen LogP contribution in [0.25, 0.3) is 22.0 Å². The average molecular weight is 379 g/mol. The quantitative estimate of drug-likeness (QED) is 0.730. The number of nitrogens with two attached hydrogens (primary N) is 1. The number of carbonyl (C=O) groups is 1. The molecule has 1 aliphatic heterocycles. The summed E-state index contributed by atoms with van der Waals surface area (Å²) < 4.78 is 13.3. The standard InChI is InChI=1S/C22H22FN3O2/c23-16-4-2-15(3-5-16)19-12-21(22(24)28)25-20-11-14(1-6-18(19)20)13-26-9-7-17(27)8-10-26/h1-6,11-12,17,27H,7-10,13H2,(H2,24,28). The highest BCUT2D eigenvalue weighted by Gasteiger charge is 2.18. The lowest BCUT2D eigenvalue weighted by Gasteiger charge is -2.29. The summed E-state index contributed by atoms with van der Waals surface area (Å²) in [6.45, 7) is 2.47. The van der Waals surface area contributed by atoms with Crippen molar-refractivity contribution in [1.82, 2.24) is 9.88 Å². The van der Waals surface area contributed by atoms with Crippen LogP contribution in [0.5, 0.6) is 0 Å². The van der Waals surface area contributed by atoms with E-state index in [1.807, 2.05) is 18.2 Å². The van der Waals surface area contributed by atoms with E-state index in [0.717, 1.165) is 54.6 Å². The lowest BCUT2D eigenvalue weighted by Crippen LogP contribution is -2.35. The third kappa shape index (κ3) is 3.88. The van der Waals surface area contributed by atoms with Gasteiger partial charge in [-0.25, -0.2) is 9.37 Å². The molecule has 1 aromatic heterocycles. The van der Waals surface area contributed by atoms with Gasteiger partial charge in [-0.05, 0) is 53.8 Å². The molecule has 1 fully saturated rings. The summed E-state index contributed by atoms with van der Waals surface area (Å²) in [7, 11) is 0. The molecule has 1 aliphatic rings. The van der Waals surface area contributed by atoms with Crippen molar-refractivity contribution in [1.29, 1.82) is 0 Å². The second-order valence-corrected chi connectivity index (χ2v) is 7.29. The minimum absolute atomic E-state index is 0.185. The highest BCUT2D eigenvalue weighted by molar-refractivity contribution is 6.00. The highest BCUT2D eigenvalue weighted by Crippen LogP contribution is 2.30. The molecule has 0 aliphatic carbocycles. The third-order valence-corrected chi connectivity index (χ3v) is 5.25. The first-order valence-corrected chi connectivity index (χ1v) is 9.39. The average Bonchev–Trinajstić information content (AvgIpc) is 2.69. The van der Waals surface area contributed by atoms with Crippen LogP contribution in [0.4, 0.5) is 4.39 Å². The molecule has 2 aromatic carbocycles. The lowest BCUT2D eigenvalue weighted by atomic mass is 9.98. The first-order chi connectivity index (χ1) is 13.5. The van der Waals surface area contributed by atoms with Crippen LogP contribution >= 0.6 is 0 Å². The van der Waals surface area contributed by atoms with E-state index in [4.69, 9.17) is 5.73 Å². The zero-order chi connectivity index (χ0) is 19.7. The number of hydrogen-bond acceptors (Lipinski definition) is 4. The fraction of sp³-hybridized carbons (Fsp3) is 0.273. The number of primary amides is 1. The van der Waals surface area contributed by atoms with Gasteiger partial charge in [-0.3, -0.25) is 9.69 Å². The Morgan fingerprint density at radius 3 is 2.54 bits per heavy atom. The Morgan fingerprint density at radius 1 is 1.14 bits per heavy atom. The van der Waals surface area contributed by atoms with Crippen molar-refractivity contribution in [3.8, 4) is 11.1 Å². The number of pyridine rings is 1. The smallest absolute Gasteiger partial charge is 0.267 e. The van der Waals surface area contributed by atoms with Crippen LogP contribution in [0.2, 0.25) is 0 Å². The predicted molar refractivity (Wildman–Crippen MR) is 106 cm³/mol. The number of hydrogen-bond donors (Lipinski definition) is 2. The summed E-state index contributed by atoms with van der Waals surface area (Å²) in [4.78, 5) is 18.5. The number of aromatic nitrogens is 1. The van der Waals surface area contributed by atoms with Gasteiger partial charge in [-0.15, -0.1) is 0 Å². The van der Waals surface area contributed by atoms with Crippen LogP contribution < -0.4 is 5.73 Å². The van der Waals surface area contributed by atoms with E-state index in [1.54, 1.807) is 18.2 Å². The van der Waals surface area contributed by atoms with Crippen molar-refractivity contribution in [2.24, 2.45) is 5.73 Å². The number of aliphatic hydroxyl groups excluding tert-OH is 1. The number of rotatable bonds is 4. The van der Waals surface area contributed by atoms with Crippen LogP contribution in [0.3, 0.4) is 0 Å². The predicted octanol–water partition coefficient (Wildman–Crippen LogP) is 3.10. The molecule has 0 spiro atoms. The van der Waals surface area contributed by atoms with Crippen LogP contribution in [0.1, 0.15) is 28.9 Å². The summed E-state index contributed by atoms with van der Waals surface area (Å²) in [5, 5.41) is 10.6. The van der Waals surface area contributed by atoms with Gasteiger partial charge in [-0.1, -0.05) is 24.3 Å². The summed E-state index contributed by atoms with van der Waals surface area (Å²) in [5.41, 5.74) is 9.04. The minimum Gasteiger partial charge on any atom is -0.393 e. The molecule has 6 heteroatoms. The fourth-order valence-corrected chi connectivity index (χ4v) is 3.70. The first kappa shape index (κ1) is 18.5. The number of likely N-dealkylation sites (tertiary alicyclic amines) is 1. The molecule has 3 aromatic rings. The van der Waals surface area contributed by atoms with Crippen LogP contribution in [-0.2, 0) is 6.54 Å². The van der Waals surface area contributed by atoms with Gasteiger partial charge in [0.15, 0.2) is 0 Å². The zero-order valence-electron chi connectivity index (χ0n) is 15.4. The van der Waals surface area contributed by atoms with E-state index in [9.17, 15) is 14.3 Å².